The maximum absolute atomic E-state index is 14.3. The van der Waals surface area contributed by atoms with Crippen molar-refractivity contribution in [3.8, 4) is 11.4 Å². The Bertz CT molecular complexity index is 1310. The Morgan fingerprint density at radius 2 is 1.88 bits per heavy atom. The fraction of sp³-hybridized carbons (Fsp3) is 0.407. The maximum atomic E-state index is 14.3. The largest absolute Gasteiger partial charge is 0.353 e. The maximum Gasteiger partial charge on any atom is 0.256 e. The third-order valence-electron chi connectivity index (χ3n) is 6.56. The van der Waals surface area contributed by atoms with Crippen molar-refractivity contribution < 1.29 is 18.5 Å². The monoisotopic (exact) mass is 595 g/mol. The molecule has 2 amide bonds. The molecule has 2 heterocycles. The van der Waals surface area contributed by atoms with E-state index in [9.17, 15) is 14.0 Å². The van der Waals surface area contributed by atoms with Crippen molar-refractivity contribution in [1.82, 2.24) is 30.8 Å². The van der Waals surface area contributed by atoms with Crippen LogP contribution in [0.25, 0.3) is 11.4 Å². The van der Waals surface area contributed by atoms with Gasteiger partial charge in [0.05, 0.1) is 13.1 Å². The molecule has 4 rings (SSSR count). The fourth-order valence-electron chi connectivity index (χ4n) is 4.43. The van der Waals surface area contributed by atoms with Gasteiger partial charge in [-0.05, 0) is 36.7 Å². The second kappa shape index (κ2) is 14.9. The van der Waals surface area contributed by atoms with Crippen molar-refractivity contribution in [1.29, 1.82) is 0 Å². The zero-order valence-corrected chi connectivity index (χ0v) is 24.7. The minimum Gasteiger partial charge on any atom is -0.353 e. The molecular weight excluding hydrogens is 560 g/mol. The molecule has 2 aromatic carbocycles. The van der Waals surface area contributed by atoms with Gasteiger partial charge in [-0.2, -0.15) is 4.98 Å². The number of benzene rings is 2. The van der Waals surface area contributed by atoms with Crippen molar-refractivity contribution in [2.75, 3.05) is 44.7 Å². The minimum absolute atomic E-state index is 0. The lowest BCUT2D eigenvalue weighted by molar-refractivity contribution is -0.145. The highest BCUT2D eigenvalue weighted by molar-refractivity contribution is 5.87. The number of nitrogens with zero attached hydrogens (tertiary/aromatic N) is 5. The van der Waals surface area contributed by atoms with E-state index in [0.29, 0.717) is 54.7 Å². The molecule has 1 aliphatic heterocycles. The van der Waals surface area contributed by atoms with Gasteiger partial charge in [0, 0.05) is 57.0 Å². The summed E-state index contributed by atoms with van der Waals surface area (Å²) in [5.41, 5.74) is 3.78. The number of likely N-dealkylation sites (N-methyl/N-ethyl adjacent to an activating group) is 2. The van der Waals surface area contributed by atoms with Crippen molar-refractivity contribution >= 4 is 42.3 Å². The number of halogens is 3. The number of carbonyl (C=O) groups excluding carboxylic acids is 2. The van der Waals surface area contributed by atoms with Crippen LogP contribution in [0.5, 0.6) is 0 Å². The molecule has 0 bridgehead atoms. The number of nitrogens with one attached hydrogen (secondary N) is 2. The van der Waals surface area contributed by atoms with Crippen LogP contribution in [0.3, 0.4) is 0 Å². The van der Waals surface area contributed by atoms with Crippen LogP contribution in [-0.2, 0) is 22.7 Å². The van der Waals surface area contributed by atoms with Crippen molar-refractivity contribution in [3.63, 3.8) is 0 Å². The Balaban J connectivity index is 0.00000280. The Morgan fingerprint density at radius 3 is 2.55 bits per heavy atom. The van der Waals surface area contributed by atoms with E-state index in [0.717, 1.165) is 17.7 Å². The topological polar surface area (TPSA) is 107 Å². The zero-order chi connectivity index (χ0) is 27.2. The molecule has 0 saturated heterocycles. The van der Waals surface area contributed by atoms with Crippen LogP contribution < -0.4 is 15.5 Å². The first kappa shape index (κ1) is 33.0. The highest BCUT2D eigenvalue weighted by Crippen LogP contribution is 2.28. The second-order valence-electron chi connectivity index (χ2n) is 9.32. The Kier molecular flexibility index (Phi) is 12.3. The summed E-state index contributed by atoms with van der Waals surface area (Å²) >= 11 is 0. The van der Waals surface area contributed by atoms with E-state index in [-0.39, 0.29) is 55.5 Å². The first-order valence-corrected chi connectivity index (χ1v) is 12.7. The molecule has 0 saturated carbocycles. The van der Waals surface area contributed by atoms with E-state index < -0.39 is 0 Å². The number of aromatic nitrogens is 2. The van der Waals surface area contributed by atoms with Gasteiger partial charge in [-0.25, -0.2) is 9.40 Å². The quantitative estimate of drug-likeness (QED) is 0.325. The normalized spacial score (nSPS) is 12.2. The van der Waals surface area contributed by atoms with Crippen LogP contribution >= 0.6 is 24.8 Å². The molecule has 0 radical (unpaired) electrons. The fourth-order valence-corrected chi connectivity index (χ4v) is 4.43. The SMILES string of the molecule is CCNCCNC(=O)CN(CC(=O)N(C)N1Cc2cccc(F)c2C1)c1cc(-c2noc(C)n2)ccc1C.Cl.Cl. The van der Waals surface area contributed by atoms with Gasteiger partial charge >= 0.3 is 0 Å². The van der Waals surface area contributed by atoms with Gasteiger partial charge in [0.25, 0.3) is 5.91 Å². The van der Waals surface area contributed by atoms with Crippen LogP contribution in [-0.4, -0.2) is 71.7 Å². The van der Waals surface area contributed by atoms with Crippen LogP contribution in [0.1, 0.15) is 29.5 Å². The van der Waals surface area contributed by atoms with Gasteiger partial charge < -0.3 is 20.1 Å². The lowest BCUT2D eigenvalue weighted by atomic mass is 10.1. The van der Waals surface area contributed by atoms with Crippen molar-refractivity contribution in [2.45, 2.75) is 33.9 Å². The first-order valence-electron chi connectivity index (χ1n) is 12.7. The molecule has 1 aromatic heterocycles. The summed E-state index contributed by atoms with van der Waals surface area (Å²) in [7, 11) is 1.67. The number of hydrazine groups is 1. The third kappa shape index (κ3) is 7.91. The number of amides is 2. The number of rotatable bonds is 11. The second-order valence-corrected chi connectivity index (χ2v) is 9.32. The lowest BCUT2D eigenvalue weighted by Gasteiger charge is -2.32. The Labute approximate surface area is 246 Å². The number of aryl methyl sites for hydroxylation is 2. The molecule has 10 nitrogen and oxygen atoms in total. The van der Waals surface area contributed by atoms with Crippen LogP contribution in [0.15, 0.2) is 40.9 Å². The molecule has 13 heteroatoms. The molecule has 0 aliphatic carbocycles. The van der Waals surface area contributed by atoms with Gasteiger partial charge in [-0.3, -0.25) is 14.6 Å². The van der Waals surface area contributed by atoms with Crippen LogP contribution in [0, 0.1) is 19.7 Å². The zero-order valence-electron chi connectivity index (χ0n) is 23.1. The van der Waals surface area contributed by atoms with E-state index in [1.165, 1.54) is 11.1 Å². The standard InChI is InChI=1S/C27H34FN7O3.2ClH/c1-5-29-11-12-30-25(36)16-34(24-13-20(10-9-18(24)2)27-31-19(3)38-32-27)17-26(37)33(4)35-14-21-7-6-8-23(28)22(21)15-35;;/h6-10,13,29H,5,11-12,14-17H2,1-4H3,(H,30,36);2*1H. The van der Waals surface area contributed by atoms with Crippen LogP contribution in [0.4, 0.5) is 10.1 Å². The molecule has 0 atom stereocenters. The summed E-state index contributed by atoms with van der Waals surface area (Å²) in [6, 6.07) is 10.6. The molecule has 0 unspecified atom stereocenters. The molecule has 0 spiro atoms. The Hall–Kier alpha value is -3.25. The van der Waals surface area contributed by atoms with Gasteiger partial charge in [0.1, 0.15) is 5.82 Å². The summed E-state index contributed by atoms with van der Waals surface area (Å²) in [5, 5.41) is 13.4. The van der Waals surface area contributed by atoms with Crippen LogP contribution in [0.2, 0.25) is 0 Å². The van der Waals surface area contributed by atoms with Gasteiger partial charge in [0.2, 0.25) is 17.6 Å². The summed E-state index contributed by atoms with van der Waals surface area (Å²) in [4.78, 5) is 32.4. The predicted molar refractivity (Wildman–Crippen MR) is 156 cm³/mol. The summed E-state index contributed by atoms with van der Waals surface area (Å²) in [6.07, 6.45) is 0. The van der Waals surface area contributed by atoms with Gasteiger partial charge in [-0.1, -0.05) is 36.3 Å². The average Bonchev–Trinajstić information content (AvgIpc) is 3.53. The minimum atomic E-state index is -0.272. The molecular formula is C27H36Cl2FN7O3. The number of fused-ring (bicyclic) bond motifs is 1. The highest BCUT2D eigenvalue weighted by atomic mass is 35.5. The molecule has 3 aromatic rings. The Morgan fingerprint density at radius 1 is 1.10 bits per heavy atom. The molecule has 2 N–H and O–H groups in total. The van der Waals surface area contributed by atoms with Gasteiger partial charge in [-0.15, -0.1) is 24.8 Å². The molecule has 0 fully saturated rings. The predicted octanol–water partition coefficient (Wildman–Crippen LogP) is 3.26. The highest BCUT2D eigenvalue weighted by Gasteiger charge is 2.29. The molecule has 218 valence electrons. The smallest absolute Gasteiger partial charge is 0.256 e. The molecule has 1 aliphatic rings. The first-order chi connectivity index (χ1) is 18.3. The van der Waals surface area contributed by atoms with E-state index in [2.05, 4.69) is 20.8 Å². The summed E-state index contributed by atoms with van der Waals surface area (Å²) in [5.74, 6) is 0.178. The van der Waals surface area contributed by atoms with Crippen molar-refractivity contribution in [3.05, 3.63) is 64.8 Å². The summed E-state index contributed by atoms with van der Waals surface area (Å²) in [6.45, 7) is 8.26. The van der Waals surface area contributed by atoms with E-state index >= 15 is 0 Å². The average molecular weight is 597 g/mol. The number of hydrogen-bond acceptors (Lipinski definition) is 8. The third-order valence-corrected chi connectivity index (χ3v) is 6.56. The van der Waals surface area contributed by atoms with E-state index in [1.54, 1.807) is 29.9 Å². The number of anilines is 1. The van der Waals surface area contributed by atoms with Gasteiger partial charge in [0.15, 0.2) is 0 Å². The van der Waals surface area contributed by atoms with Crippen molar-refractivity contribution in [2.24, 2.45) is 0 Å². The molecule has 40 heavy (non-hydrogen) atoms. The summed E-state index contributed by atoms with van der Waals surface area (Å²) < 4.78 is 19.4. The van der Waals surface area contributed by atoms with E-state index in [1.807, 2.05) is 38.1 Å². The van der Waals surface area contributed by atoms with E-state index in [4.69, 9.17) is 4.52 Å². The number of carbonyl (C=O) groups is 2. The number of hydrogen-bond donors (Lipinski definition) is 2. The lowest BCUT2D eigenvalue weighted by Crippen LogP contribution is -2.48.